The Bertz CT molecular complexity index is 1530. The number of nitrogens with one attached hydrogen (secondary N) is 3. The van der Waals surface area contributed by atoms with Crippen LogP contribution >= 0.6 is 0 Å². The highest BCUT2D eigenvalue weighted by atomic mass is 16.3. The number of likely N-dealkylation sites (tertiary alicyclic amines) is 1. The molecule has 1 amide bonds. The van der Waals surface area contributed by atoms with Crippen LogP contribution in [0.2, 0.25) is 0 Å². The minimum atomic E-state index is -0.0477. The Labute approximate surface area is 208 Å². The molecule has 0 unspecified atom stereocenters. The highest BCUT2D eigenvalue weighted by molar-refractivity contribution is 5.95. The predicted molar refractivity (Wildman–Crippen MR) is 142 cm³/mol. The molecule has 1 fully saturated rings. The normalized spacial score (nSPS) is 14.0. The lowest BCUT2D eigenvalue weighted by atomic mass is 10.1. The first kappa shape index (κ1) is 22.2. The van der Waals surface area contributed by atoms with Crippen molar-refractivity contribution in [1.29, 1.82) is 0 Å². The number of rotatable bonds is 7. The highest BCUT2D eigenvalue weighted by Gasteiger charge is 2.13. The Morgan fingerprint density at radius 2 is 1.89 bits per heavy atom. The summed E-state index contributed by atoms with van der Waals surface area (Å²) in [5.41, 5.74) is 5.22. The molecular formula is C28H28N6O2. The molecular weight excluding hydrogens is 452 g/mol. The molecule has 4 heterocycles. The third-order valence-corrected chi connectivity index (χ3v) is 6.85. The summed E-state index contributed by atoms with van der Waals surface area (Å²) in [6, 6.07) is 17.5. The molecule has 5 aromatic rings. The lowest BCUT2D eigenvalue weighted by molar-refractivity contribution is 0.0950. The van der Waals surface area contributed by atoms with Crippen molar-refractivity contribution in [2.75, 3.05) is 31.5 Å². The molecule has 0 spiro atoms. The van der Waals surface area contributed by atoms with E-state index in [0.717, 1.165) is 58.7 Å². The zero-order valence-corrected chi connectivity index (χ0v) is 19.9. The molecule has 3 aromatic heterocycles. The van der Waals surface area contributed by atoms with Crippen LogP contribution in [0.3, 0.4) is 0 Å². The van der Waals surface area contributed by atoms with E-state index < -0.39 is 0 Å². The molecule has 1 aliphatic rings. The maximum atomic E-state index is 12.5. The van der Waals surface area contributed by atoms with Crippen molar-refractivity contribution in [3.63, 3.8) is 0 Å². The molecule has 1 aliphatic heterocycles. The second kappa shape index (κ2) is 9.39. The van der Waals surface area contributed by atoms with Crippen LogP contribution in [0, 0.1) is 0 Å². The van der Waals surface area contributed by atoms with E-state index in [1.54, 1.807) is 12.4 Å². The molecule has 0 saturated carbocycles. The Kier molecular flexibility index (Phi) is 5.79. The zero-order chi connectivity index (χ0) is 24.5. The molecule has 0 aliphatic carbocycles. The molecule has 36 heavy (non-hydrogen) atoms. The predicted octanol–water partition coefficient (Wildman–Crippen LogP) is 4.76. The minimum absolute atomic E-state index is 0.0477. The standard InChI is InChI=1S/C28H28N6O2/c35-27(30-11-15-33-13-1-2-14-33)19-3-6-22(7-4-19)32-24-9-10-25(34-16-12-29-26(24)34)20-5-8-23-21(17-20)18-31-28(23)36/h3-10,12,16-18,31-32,36H,1-2,11,13-15H2,(H,30,35). The van der Waals surface area contributed by atoms with Gasteiger partial charge in [-0.15, -0.1) is 0 Å². The van der Waals surface area contributed by atoms with Crippen LogP contribution in [0.5, 0.6) is 5.88 Å². The Morgan fingerprint density at radius 1 is 1.06 bits per heavy atom. The van der Waals surface area contributed by atoms with Crippen molar-refractivity contribution in [3.05, 3.63) is 78.8 Å². The number of amides is 1. The first-order valence-corrected chi connectivity index (χ1v) is 12.3. The first-order valence-electron chi connectivity index (χ1n) is 12.3. The first-order chi connectivity index (χ1) is 17.7. The average Bonchev–Trinajstić information content (AvgIpc) is 3.67. The van der Waals surface area contributed by atoms with E-state index in [1.807, 2.05) is 65.2 Å². The molecule has 0 radical (unpaired) electrons. The van der Waals surface area contributed by atoms with Gasteiger partial charge < -0.3 is 25.6 Å². The number of imidazole rings is 1. The van der Waals surface area contributed by atoms with Crippen LogP contribution in [-0.2, 0) is 0 Å². The van der Waals surface area contributed by atoms with E-state index in [4.69, 9.17) is 0 Å². The quantitative estimate of drug-likeness (QED) is 0.269. The molecule has 8 heteroatoms. The average molecular weight is 481 g/mol. The third-order valence-electron chi connectivity index (χ3n) is 6.85. The monoisotopic (exact) mass is 480 g/mol. The number of benzene rings is 2. The number of H-pyrrole nitrogens is 1. The van der Waals surface area contributed by atoms with Gasteiger partial charge in [0.1, 0.15) is 0 Å². The van der Waals surface area contributed by atoms with Crippen LogP contribution in [0.1, 0.15) is 23.2 Å². The lowest BCUT2D eigenvalue weighted by Crippen LogP contribution is -2.33. The number of aromatic hydroxyl groups is 1. The van der Waals surface area contributed by atoms with E-state index in [1.165, 1.54) is 12.8 Å². The molecule has 0 bridgehead atoms. The van der Waals surface area contributed by atoms with Crippen LogP contribution in [0.25, 0.3) is 27.7 Å². The third kappa shape index (κ3) is 4.27. The number of carbonyl (C=O) groups excluding carboxylic acids is 1. The maximum absolute atomic E-state index is 12.5. The van der Waals surface area contributed by atoms with Gasteiger partial charge in [0.15, 0.2) is 11.5 Å². The number of aromatic amines is 1. The van der Waals surface area contributed by atoms with Crippen molar-refractivity contribution in [2.24, 2.45) is 0 Å². The summed E-state index contributed by atoms with van der Waals surface area (Å²) >= 11 is 0. The molecule has 2 aromatic carbocycles. The van der Waals surface area contributed by atoms with Gasteiger partial charge in [-0.3, -0.25) is 9.20 Å². The van der Waals surface area contributed by atoms with Gasteiger partial charge in [0, 0.05) is 53.7 Å². The summed E-state index contributed by atoms with van der Waals surface area (Å²) in [6.45, 7) is 3.84. The number of nitrogens with zero attached hydrogens (tertiary/aromatic N) is 3. The second-order valence-electron chi connectivity index (χ2n) is 9.20. The van der Waals surface area contributed by atoms with Gasteiger partial charge in [0.05, 0.1) is 11.4 Å². The number of pyridine rings is 1. The Hall–Kier alpha value is -4.30. The van der Waals surface area contributed by atoms with Gasteiger partial charge in [-0.2, -0.15) is 0 Å². The number of aromatic nitrogens is 3. The van der Waals surface area contributed by atoms with Crippen molar-refractivity contribution < 1.29 is 9.90 Å². The fourth-order valence-electron chi connectivity index (χ4n) is 4.92. The summed E-state index contributed by atoms with van der Waals surface area (Å²) in [7, 11) is 0. The summed E-state index contributed by atoms with van der Waals surface area (Å²) < 4.78 is 2.04. The Balaban J connectivity index is 1.17. The van der Waals surface area contributed by atoms with Crippen molar-refractivity contribution in [2.45, 2.75) is 12.8 Å². The second-order valence-corrected chi connectivity index (χ2v) is 9.20. The van der Waals surface area contributed by atoms with Crippen molar-refractivity contribution >= 4 is 33.7 Å². The highest BCUT2D eigenvalue weighted by Crippen LogP contribution is 2.31. The summed E-state index contributed by atoms with van der Waals surface area (Å²) in [4.78, 5) is 22.3. The largest absolute Gasteiger partial charge is 0.494 e. The van der Waals surface area contributed by atoms with E-state index in [0.29, 0.717) is 12.1 Å². The fraction of sp³-hybridized carbons (Fsp3) is 0.214. The van der Waals surface area contributed by atoms with Crippen LogP contribution < -0.4 is 10.6 Å². The Morgan fingerprint density at radius 3 is 2.72 bits per heavy atom. The molecule has 182 valence electrons. The number of fused-ring (bicyclic) bond motifs is 2. The number of hydrogen-bond acceptors (Lipinski definition) is 5. The van der Waals surface area contributed by atoms with Crippen molar-refractivity contribution in [3.8, 4) is 17.1 Å². The van der Waals surface area contributed by atoms with Gasteiger partial charge in [-0.1, -0.05) is 6.07 Å². The molecule has 0 atom stereocenters. The van der Waals surface area contributed by atoms with E-state index >= 15 is 0 Å². The molecule has 8 nitrogen and oxygen atoms in total. The van der Waals surface area contributed by atoms with E-state index in [-0.39, 0.29) is 11.8 Å². The van der Waals surface area contributed by atoms with Crippen LogP contribution in [0.4, 0.5) is 11.4 Å². The number of carbonyl (C=O) groups is 1. The zero-order valence-electron chi connectivity index (χ0n) is 19.9. The van der Waals surface area contributed by atoms with Gasteiger partial charge in [0.25, 0.3) is 5.91 Å². The number of anilines is 2. The van der Waals surface area contributed by atoms with Gasteiger partial charge >= 0.3 is 0 Å². The van der Waals surface area contributed by atoms with Gasteiger partial charge in [0.2, 0.25) is 0 Å². The van der Waals surface area contributed by atoms with E-state index in [2.05, 4.69) is 25.5 Å². The summed E-state index contributed by atoms with van der Waals surface area (Å²) in [5, 5.41) is 18.1. The summed E-state index contributed by atoms with van der Waals surface area (Å²) in [6.07, 6.45) is 8.02. The van der Waals surface area contributed by atoms with Crippen LogP contribution in [0.15, 0.2) is 73.2 Å². The fourth-order valence-corrected chi connectivity index (χ4v) is 4.92. The maximum Gasteiger partial charge on any atom is 0.251 e. The lowest BCUT2D eigenvalue weighted by Gasteiger charge is -2.15. The topological polar surface area (TPSA) is 97.7 Å². The molecule has 6 rings (SSSR count). The van der Waals surface area contributed by atoms with Gasteiger partial charge in [-0.25, -0.2) is 4.98 Å². The minimum Gasteiger partial charge on any atom is -0.494 e. The van der Waals surface area contributed by atoms with E-state index in [9.17, 15) is 9.90 Å². The molecule has 1 saturated heterocycles. The number of hydrogen-bond donors (Lipinski definition) is 4. The van der Waals surface area contributed by atoms with Gasteiger partial charge in [-0.05, 0) is 80.0 Å². The SMILES string of the molecule is O=C(NCCN1CCCC1)c1ccc(Nc2ccc(-c3ccc4c(O)[nH]cc4c3)n3ccnc23)cc1. The van der Waals surface area contributed by atoms with Crippen molar-refractivity contribution in [1.82, 2.24) is 24.6 Å². The summed E-state index contributed by atoms with van der Waals surface area (Å²) in [5.74, 6) is 0.128. The smallest absolute Gasteiger partial charge is 0.251 e. The van der Waals surface area contributed by atoms with Crippen LogP contribution in [-0.4, -0.2) is 56.5 Å². The molecule has 4 N–H and O–H groups in total.